The van der Waals surface area contributed by atoms with Gasteiger partial charge in [0.15, 0.2) is 9.84 Å². The maximum atomic E-state index is 12.9. The maximum absolute atomic E-state index is 12.9. The van der Waals surface area contributed by atoms with Crippen LogP contribution < -0.4 is 20.3 Å². The molecule has 2 N–H and O–H groups in total. The van der Waals surface area contributed by atoms with Gasteiger partial charge in [0.2, 0.25) is 5.91 Å². The third-order valence-electron chi connectivity index (χ3n) is 5.52. The Hall–Kier alpha value is -2.99. The van der Waals surface area contributed by atoms with Crippen LogP contribution in [-0.4, -0.2) is 51.5 Å². The minimum Gasteiger partial charge on any atom is -0.406 e. The van der Waals surface area contributed by atoms with Crippen molar-refractivity contribution in [1.82, 2.24) is 10.6 Å². The number of amides is 2. The molecule has 2 amide bonds. The summed E-state index contributed by atoms with van der Waals surface area (Å²) < 4.78 is 67.7. The van der Waals surface area contributed by atoms with Gasteiger partial charge in [-0.2, -0.15) is 0 Å². The Morgan fingerprint density at radius 2 is 1.92 bits per heavy atom. The number of carbonyl (C=O) groups excluding carboxylic acids is 2. The van der Waals surface area contributed by atoms with Crippen LogP contribution in [-0.2, 0) is 21.2 Å². The molecular formula is C23H25ClF3N3O5S. The Morgan fingerprint density at radius 1 is 1.19 bits per heavy atom. The smallest absolute Gasteiger partial charge is 0.406 e. The van der Waals surface area contributed by atoms with E-state index in [0.717, 1.165) is 6.07 Å². The first kappa shape index (κ1) is 27.6. The number of carbonyl (C=O) groups is 2. The van der Waals surface area contributed by atoms with Gasteiger partial charge in [-0.3, -0.25) is 9.59 Å². The first-order chi connectivity index (χ1) is 16.8. The molecule has 1 heterocycles. The van der Waals surface area contributed by atoms with E-state index in [4.69, 9.17) is 11.6 Å². The Bertz CT molecular complexity index is 1250. The van der Waals surface area contributed by atoms with E-state index in [1.807, 2.05) is 0 Å². The van der Waals surface area contributed by atoms with E-state index in [1.165, 1.54) is 44.2 Å². The van der Waals surface area contributed by atoms with Gasteiger partial charge >= 0.3 is 6.36 Å². The second kappa shape index (κ2) is 11.0. The van der Waals surface area contributed by atoms with E-state index in [-0.39, 0.29) is 45.3 Å². The van der Waals surface area contributed by atoms with Crippen molar-refractivity contribution < 1.29 is 35.9 Å². The van der Waals surface area contributed by atoms with Crippen molar-refractivity contribution in [1.29, 1.82) is 0 Å². The molecular weight excluding hydrogens is 523 g/mol. The molecule has 0 bridgehead atoms. The van der Waals surface area contributed by atoms with Gasteiger partial charge in [-0.05, 0) is 42.3 Å². The maximum Gasteiger partial charge on any atom is 0.573 e. The van der Waals surface area contributed by atoms with Crippen LogP contribution >= 0.6 is 11.6 Å². The molecule has 8 nitrogen and oxygen atoms in total. The highest BCUT2D eigenvalue weighted by atomic mass is 35.5. The van der Waals surface area contributed by atoms with Crippen molar-refractivity contribution in [3.05, 3.63) is 52.5 Å². The Labute approximate surface area is 211 Å². The van der Waals surface area contributed by atoms with Gasteiger partial charge in [0, 0.05) is 54.9 Å². The predicted octanol–water partition coefficient (Wildman–Crippen LogP) is 3.68. The van der Waals surface area contributed by atoms with Crippen LogP contribution in [0.15, 0.2) is 41.3 Å². The Kier molecular flexibility index (Phi) is 8.40. The fraction of sp³-hybridized carbons (Fsp3) is 0.391. The number of rotatable bonds is 8. The molecule has 0 radical (unpaired) electrons. The molecule has 2 aromatic rings. The number of alkyl halides is 3. The quantitative estimate of drug-likeness (QED) is 0.522. The lowest BCUT2D eigenvalue weighted by Gasteiger charge is -2.21. The van der Waals surface area contributed by atoms with Crippen molar-refractivity contribution in [2.24, 2.45) is 0 Å². The number of anilines is 1. The second-order valence-corrected chi connectivity index (χ2v) is 10.9. The first-order valence-corrected chi connectivity index (χ1v) is 13.0. The third kappa shape index (κ3) is 7.26. The molecule has 13 heteroatoms. The van der Waals surface area contributed by atoms with Gasteiger partial charge in [-0.15, -0.1) is 13.2 Å². The molecule has 2 aromatic carbocycles. The van der Waals surface area contributed by atoms with Crippen molar-refractivity contribution >= 4 is 38.9 Å². The minimum atomic E-state index is -4.97. The van der Waals surface area contributed by atoms with Crippen LogP contribution in [0.2, 0.25) is 5.02 Å². The third-order valence-corrected chi connectivity index (χ3v) is 7.59. The molecule has 3 rings (SSSR count). The van der Waals surface area contributed by atoms with E-state index in [1.54, 1.807) is 4.90 Å². The summed E-state index contributed by atoms with van der Waals surface area (Å²) >= 11 is 6.00. The molecule has 1 saturated heterocycles. The molecule has 0 aromatic heterocycles. The lowest BCUT2D eigenvalue weighted by Crippen LogP contribution is -2.35. The summed E-state index contributed by atoms with van der Waals surface area (Å²) in [7, 11) is -3.61. The highest BCUT2D eigenvalue weighted by Crippen LogP contribution is 2.31. The van der Waals surface area contributed by atoms with Gasteiger partial charge in [0.05, 0.1) is 10.6 Å². The highest BCUT2D eigenvalue weighted by Gasteiger charge is 2.32. The summed E-state index contributed by atoms with van der Waals surface area (Å²) in [5, 5.41) is 5.58. The van der Waals surface area contributed by atoms with Crippen molar-refractivity contribution in [2.45, 2.75) is 44.1 Å². The predicted molar refractivity (Wildman–Crippen MR) is 128 cm³/mol. The lowest BCUT2D eigenvalue weighted by atomic mass is 10.1. The van der Waals surface area contributed by atoms with E-state index in [0.29, 0.717) is 25.2 Å². The zero-order valence-corrected chi connectivity index (χ0v) is 21.1. The van der Waals surface area contributed by atoms with Gasteiger partial charge < -0.3 is 20.3 Å². The van der Waals surface area contributed by atoms with Crippen LogP contribution in [0.3, 0.4) is 0 Å². The summed E-state index contributed by atoms with van der Waals surface area (Å²) in [5.41, 5.74) is 0.446. The van der Waals surface area contributed by atoms with Crippen LogP contribution in [0.4, 0.5) is 18.9 Å². The van der Waals surface area contributed by atoms with Gasteiger partial charge in [0.25, 0.3) is 5.91 Å². The fourth-order valence-electron chi connectivity index (χ4n) is 3.91. The summed E-state index contributed by atoms with van der Waals surface area (Å²) in [5.74, 6) is -1.70. The van der Waals surface area contributed by atoms with Crippen molar-refractivity contribution in [3.63, 3.8) is 0 Å². The fourth-order valence-corrected chi connectivity index (χ4v) is 5.22. The molecule has 1 aliphatic heterocycles. The van der Waals surface area contributed by atoms with Crippen molar-refractivity contribution in [3.8, 4) is 5.75 Å². The topological polar surface area (TPSA) is 105 Å². The summed E-state index contributed by atoms with van der Waals surface area (Å²) in [6, 6.07) is 7.52. The molecule has 0 unspecified atom stereocenters. The molecule has 1 atom stereocenters. The number of sulfone groups is 1. The normalized spacial score (nSPS) is 16.1. The number of halogens is 4. The van der Waals surface area contributed by atoms with E-state index >= 15 is 0 Å². The van der Waals surface area contributed by atoms with E-state index in [9.17, 15) is 31.2 Å². The molecule has 1 fully saturated rings. The number of ether oxygens (including phenoxy) is 1. The second-order valence-electron chi connectivity index (χ2n) is 8.23. The van der Waals surface area contributed by atoms with Gasteiger partial charge in [-0.25, -0.2) is 8.42 Å². The largest absolute Gasteiger partial charge is 0.573 e. The molecule has 196 valence electrons. The number of benzene rings is 2. The standard InChI is InChI=1S/C23H25ClF3N3O5S/c1-3-36(33,34)21-5-4-17(24)8-16(21)12-28-22(32)15-9-19(11-20(10-15)35-23(25,26)27)30-7-6-18(13-30)29-14(2)31/h4-5,8-11,18H,3,6-7,12-13H2,1-2H3,(H,28,32)(H,29,31)/t18-/m0/s1. The number of hydrogen-bond donors (Lipinski definition) is 2. The molecule has 0 spiro atoms. The minimum absolute atomic E-state index is 0.00521. The summed E-state index contributed by atoms with van der Waals surface area (Å²) in [6.07, 6.45) is -4.39. The van der Waals surface area contributed by atoms with Crippen LogP contribution in [0, 0.1) is 0 Å². The number of hydrogen-bond acceptors (Lipinski definition) is 6. The summed E-state index contributed by atoms with van der Waals surface area (Å²) in [6.45, 7) is 3.43. The number of nitrogens with zero attached hydrogens (tertiary/aromatic N) is 1. The number of nitrogens with one attached hydrogen (secondary N) is 2. The molecule has 1 aliphatic rings. The monoisotopic (exact) mass is 547 g/mol. The summed E-state index contributed by atoms with van der Waals surface area (Å²) in [4.78, 5) is 26.0. The average molecular weight is 548 g/mol. The van der Waals surface area contributed by atoms with Crippen LogP contribution in [0.25, 0.3) is 0 Å². The first-order valence-electron chi connectivity index (χ1n) is 11.0. The van der Waals surface area contributed by atoms with E-state index in [2.05, 4.69) is 15.4 Å². The van der Waals surface area contributed by atoms with Gasteiger partial charge in [0.1, 0.15) is 5.75 Å². The van der Waals surface area contributed by atoms with Gasteiger partial charge in [-0.1, -0.05) is 18.5 Å². The zero-order valence-electron chi connectivity index (χ0n) is 19.5. The molecule has 0 saturated carbocycles. The average Bonchev–Trinajstić information content (AvgIpc) is 3.23. The zero-order chi connectivity index (χ0) is 26.7. The SMILES string of the molecule is CCS(=O)(=O)c1ccc(Cl)cc1CNC(=O)c1cc(OC(F)(F)F)cc(N2CC[C@H](NC(C)=O)C2)c1. The Balaban J connectivity index is 1.87. The highest BCUT2D eigenvalue weighted by molar-refractivity contribution is 7.91. The van der Waals surface area contributed by atoms with Crippen LogP contribution in [0.5, 0.6) is 5.75 Å². The molecule has 36 heavy (non-hydrogen) atoms. The van der Waals surface area contributed by atoms with E-state index < -0.39 is 27.9 Å². The Morgan fingerprint density at radius 3 is 2.56 bits per heavy atom. The molecule has 0 aliphatic carbocycles. The van der Waals surface area contributed by atoms with Crippen LogP contribution in [0.1, 0.15) is 36.2 Å². The lowest BCUT2D eigenvalue weighted by molar-refractivity contribution is -0.274. The van der Waals surface area contributed by atoms with Crippen molar-refractivity contribution in [2.75, 3.05) is 23.7 Å².